The van der Waals surface area contributed by atoms with E-state index in [0.29, 0.717) is 11.9 Å². The Morgan fingerprint density at radius 1 is 1.44 bits per heavy atom. The number of piperidine rings is 1. The zero-order valence-corrected chi connectivity index (χ0v) is 14.5. The van der Waals surface area contributed by atoms with Crippen LogP contribution in [-0.2, 0) is 6.42 Å². The maximum atomic E-state index is 13.7. The van der Waals surface area contributed by atoms with Crippen LogP contribution in [0.1, 0.15) is 31.7 Å². The quantitative estimate of drug-likeness (QED) is 0.845. The number of aryl methyl sites for hydroxylation is 1. The molecule has 1 fully saturated rings. The van der Waals surface area contributed by atoms with Crippen LogP contribution in [0, 0.1) is 5.82 Å². The van der Waals surface area contributed by atoms with Crippen LogP contribution >= 0.6 is 0 Å². The van der Waals surface area contributed by atoms with Crippen LogP contribution in [0.2, 0.25) is 0 Å². The summed E-state index contributed by atoms with van der Waals surface area (Å²) in [5, 5.41) is 3.62. The van der Waals surface area contributed by atoms with Gasteiger partial charge in [0.15, 0.2) is 5.82 Å². The van der Waals surface area contributed by atoms with Crippen molar-refractivity contribution in [2.24, 2.45) is 0 Å². The van der Waals surface area contributed by atoms with Gasteiger partial charge < -0.3 is 15.2 Å². The van der Waals surface area contributed by atoms with Gasteiger partial charge in [-0.25, -0.2) is 9.37 Å². The zero-order chi connectivity index (χ0) is 17.6. The number of nitrogens with zero attached hydrogens (tertiary/aromatic N) is 2. The fraction of sp³-hybridized carbons (Fsp3) is 0.474. The lowest BCUT2D eigenvalue weighted by molar-refractivity contribution is 0.371. The lowest BCUT2D eigenvalue weighted by Crippen LogP contribution is -2.50. The molecule has 0 radical (unpaired) electrons. The van der Waals surface area contributed by atoms with Crippen molar-refractivity contribution in [2.75, 3.05) is 18.0 Å². The van der Waals surface area contributed by atoms with Crippen molar-refractivity contribution < 1.29 is 4.39 Å². The second-order valence-electron chi connectivity index (χ2n) is 6.72. The minimum Gasteiger partial charge on any atom is -0.350 e. The summed E-state index contributed by atoms with van der Waals surface area (Å²) in [6, 6.07) is 7.54. The zero-order valence-electron chi connectivity index (χ0n) is 14.5. The molecule has 1 aliphatic heterocycles. The Balaban J connectivity index is 1.53. The molecule has 2 heterocycles. The molecule has 0 saturated carbocycles. The van der Waals surface area contributed by atoms with Gasteiger partial charge in [0.25, 0.3) is 5.56 Å². The van der Waals surface area contributed by atoms with E-state index in [1.165, 1.54) is 6.07 Å². The van der Waals surface area contributed by atoms with Crippen molar-refractivity contribution in [3.05, 3.63) is 58.4 Å². The van der Waals surface area contributed by atoms with Crippen LogP contribution in [0.15, 0.2) is 41.5 Å². The lowest BCUT2D eigenvalue weighted by Gasteiger charge is -2.35. The Labute approximate surface area is 147 Å². The molecule has 1 saturated heterocycles. The summed E-state index contributed by atoms with van der Waals surface area (Å²) in [5.41, 5.74) is 0.622. The van der Waals surface area contributed by atoms with Crippen LogP contribution in [0.5, 0.6) is 0 Å². The van der Waals surface area contributed by atoms with E-state index in [-0.39, 0.29) is 17.4 Å². The molecular weight excluding hydrogens is 319 g/mol. The second kappa shape index (κ2) is 8.25. The molecule has 5 nitrogen and oxygen atoms in total. The molecule has 1 aromatic heterocycles. The van der Waals surface area contributed by atoms with Crippen molar-refractivity contribution in [3.63, 3.8) is 0 Å². The normalized spacial score (nSPS) is 19.0. The van der Waals surface area contributed by atoms with Gasteiger partial charge in [-0.05, 0) is 44.2 Å². The highest BCUT2D eigenvalue weighted by molar-refractivity contribution is 5.36. The Kier molecular flexibility index (Phi) is 5.81. The molecule has 0 amide bonds. The topological polar surface area (TPSA) is 61.0 Å². The number of H-pyrrole nitrogens is 1. The third kappa shape index (κ3) is 4.66. The van der Waals surface area contributed by atoms with Gasteiger partial charge >= 0.3 is 0 Å². The summed E-state index contributed by atoms with van der Waals surface area (Å²) in [7, 11) is 0. The van der Waals surface area contributed by atoms with Crippen LogP contribution in [0.25, 0.3) is 0 Å². The van der Waals surface area contributed by atoms with E-state index in [0.717, 1.165) is 44.3 Å². The van der Waals surface area contributed by atoms with Crippen LogP contribution in [-0.4, -0.2) is 35.1 Å². The first-order chi connectivity index (χ1) is 12.1. The molecule has 1 aliphatic rings. The first-order valence-electron chi connectivity index (χ1n) is 8.91. The highest BCUT2D eigenvalue weighted by Gasteiger charge is 2.23. The standard InChI is InChI=1S/C19H25FN4O/c1-14(8-9-15-5-2-3-7-17(15)20)23-16-6-4-12-24(13-16)18-19(25)22-11-10-21-18/h2-3,5,7,10-11,14,16,23H,4,6,8-9,12-13H2,1H3,(H,22,25)/t14-,16-/m0/s1. The predicted octanol–water partition coefficient (Wildman–Crippen LogP) is 2.49. The number of anilines is 1. The Morgan fingerprint density at radius 3 is 3.08 bits per heavy atom. The molecule has 2 atom stereocenters. The molecule has 0 aliphatic carbocycles. The van der Waals surface area contributed by atoms with E-state index in [9.17, 15) is 9.18 Å². The Morgan fingerprint density at radius 2 is 2.28 bits per heavy atom. The highest BCUT2D eigenvalue weighted by Crippen LogP contribution is 2.16. The molecule has 2 aromatic rings. The molecule has 0 unspecified atom stereocenters. The molecule has 134 valence electrons. The number of hydrogen-bond acceptors (Lipinski definition) is 4. The third-order valence-electron chi connectivity index (χ3n) is 4.73. The highest BCUT2D eigenvalue weighted by atomic mass is 19.1. The summed E-state index contributed by atoms with van der Waals surface area (Å²) in [6.07, 6.45) is 6.86. The van der Waals surface area contributed by atoms with Crippen LogP contribution in [0.3, 0.4) is 0 Å². The van der Waals surface area contributed by atoms with Gasteiger partial charge in [0.2, 0.25) is 0 Å². The summed E-state index contributed by atoms with van der Waals surface area (Å²) < 4.78 is 13.7. The van der Waals surface area contributed by atoms with Crippen molar-refractivity contribution in [1.82, 2.24) is 15.3 Å². The smallest absolute Gasteiger partial charge is 0.290 e. The molecule has 25 heavy (non-hydrogen) atoms. The fourth-order valence-electron chi connectivity index (χ4n) is 3.43. The molecule has 6 heteroatoms. The molecule has 0 bridgehead atoms. The fourth-order valence-corrected chi connectivity index (χ4v) is 3.43. The number of benzene rings is 1. The Bertz CT molecular complexity index is 748. The Hall–Kier alpha value is -2.21. The maximum absolute atomic E-state index is 13.7. The SMILES string of the molecule is C[C@@H](CCc1ccccc1F)N[C@H]1CCCN(c2ncc[nH]c2=O)C1. The number of rotatable bonds is 6. The largest absolute Gasteiger partial charge is 0.350 e. The molecule has 2 N–H and O–H groups in total. The van der Waals surface area contributed by atoms with Crippen LogP contribution in [0.4, 0.5) is 10.2 Å². The van der Waals surface area contributed by atoms with Gasteiger partial charge in [0.1, 0.15) is 5.82 Å². The minimum absolute atomic E-state index is 0.132. The second-order valence-corrected chi connectivity index (χ2v) is 6.72. The van der Waals surface area contributed by atoms with Crippen molar-refractivity contribution in [2.45, 2.75) is 44.7 Å². The van der Waals surface area contributed by atoms with E-state index in [4.69, 9.17) is 0 Å². The van der Waals surface area contributed by atoms with Crippen LogP contribution < -0.4 is 15.8 Å². The third-order valence-corrected chi connectivity index (χ3v) is 4.73. The van der Waals surface area contributed by atoms with Gasteiger partial charge in [0.05, 0.1) is 0 Å². The summed E-state index contributed by atoms with van der Waals surface area (Å²) in [4.78, 5) is 20.9. The lowest BCUT2D eigenvalue weighted by atomic mass is 10.0. The van der Waals surface area contributed by atoms with Gasteiger partial charge in [-0.1, -0.05) is 18.2 Å². The minimum atomic E-state index is -0.143. The van der Waals surface area contributed by atoms with Gasteiger partial charge in [-0.15, -0.1) is 0 Å². The van der Waals surface area contributed by atoms with Crippen molar-refractivity contribution in [3.8, 4) is 0 Å². The van der Waals surface area contributed by atoms with E-state index in [2.05, 4.69) is 22.2 Å². The predicted molar refractivity (Wildman–Crippen MR) is 97.4 cm³/mol. The first kappa shape index (κ1) is 17.6. The summed E-state index contributed by atoms with van der Waals surface area (Å²) >= 11 is 0. The molecule has 3 rings (SSSR count). The molecule has 0 spiro atoms. The van der Waals surface area contributed by atoms with Gasteiger partial charge in [-0.2, -0.15) is 0 Å². The average molecular weight is 344 g/mol. The number of halogens is 1. The number of nitrogens with one attached hydrogen (secondary N) is 2. The molecule has 1 aromatic carbocycles. The number of hydrogen-bond donors (Lipinski definition) is 2. The first-order valence-corrected chi connectivity index (χ1v) is 8.91. The van der Waals surface area contributed by atoms with E-state index in [1.807, 2.05) is 17.0 Å². The maximum Gasteiger partial charge on any atom is 0.290 e. The van der Waals surface area contributed by atoms with E-state index >= 15 is 0 Å². The van der Waals surface area contributed by atoms with Crippen molar-refractivity contribution >= 4 is 5.82 Å². The molecular formula is C19H25FN4O. The summed E-state index contributed by atoms with van der Waals surface area (Å²) in [6.45, 7) is 3.75. The summed E-state index contributed by atoms with van der Waals surface area (Å²) in [5.74, 6) is 0.362. The number of aromatic nitrogens is 2. The number of aromatic amines is 1. The van der Waals surface area contributed by atoms with Gasteiger partial charge in [0, 0.05) is 37.6 Å². The van der Waals surface area contributed by atoms with E-state index in [1.54, 1.807) is 18.5 Å². The van der Waals surface area contributed by atoms with Gasteiger partial charge in [-0.3, -0.25) is 4.79 Å². The average Bonchev–Trinajstić information content (AvgIpc) is 2.62. The van der Waals surface area contributed by atoms with Crippen molar-refractivity contribution in [1.29, 1.82) is 0 Å². The monoisotopic (exact) mass is 344 g/mol. The van der Waals surface area contributed by atoms with E-state index < -0.39 is 0 Å².